The summed E-state index contributed by atoms with van der Waals surface area (Å²) in [7, 11) is 0. The van der Waals surface area contributed by atoms with Crippen molar-refractivity contribution in [1.29, 1.82) is 0 Å². The van der Waals surface area contributed by atoms with Crippen LogP contribution in [0.5, 0.6) is 0 Å². The van der Waals surface area contributed by atoms with Crippen molar-refractivity contribution in [2.45, 2.75) is 33.6 Å². The van der Waals surface area contributed by atoms with Crippen molar-refractivity contribution in [2.24, 2.45) is 0 Å². The zero-order chi connectivity index (χ0) is 17.6. The number of benzene rings is 2. The van der Waals surface area contributed by atoms with Crippen molar-refractivity contribution < 1.29 is 0 Å². The van der Waals surface area contributed by atoms with Gasteiger partial charge in [0.15, 0.2) is 0 Å². The first-order valence-electron chi connectivity index (χ1n) is 8.69. The van der Waals surface area contributed by atoms with E-state index in [-0.39, 0.29) is 12.4 Å². The van der Waals surface area contributed by atoms with Crippen LogP contribution in [-0.2, 0) is 6.42 Å². The lowest BCUT2D eigenvalue weighted by Gasteiger charge is -2.13. The Hall–Kier alpha value is -2.59. The van der Waals surface area contributed by atoms with E-state index in [0.29, 0.717) is 5.95 Å². The molecule has 0 unspecified atom stereocenters. The van der Waals surface area contributed by atoms with E-state index in [1.54, 1.807) is 0 Å². The van der Waals surface area contributed by atoms with Crippen LogP contribution < -0.4 is 10.6 Å². The summed E-state index contributed by atoms with van der Waals surface area (Å²) in [5.41, 5.74) is 5.47. The molecule has 0 aliphatic carbocycles. The lowest BCUT2D eigenvalue weighted by molar-refractivity contribution is 0.876. The zero-order valence-corrected chi connectivity index (χ0v) is 16.2. The second-order valence-corrected chi connectivity index (χ2v) is 6.20. The van der Waals surface area contributed by atoms with Crippen LogP contribution in [0.1, 0.15) is 30.2 Å². The lowest BCUT2D eigenvalue weighted by Crippen LogP contribution is -2.05. The van der Waals surface area contributed by atoms with Gasteiger partial charge in [-0.25, -0.2) is 4.98 Å². The Bertz CT molecular complexity index is 798. The number of para-hydroxylation sites is 2. The van der Waals surface area contributed by atoms with Crippen LogP contribution in [0.2, 0.25) is 0 Å². The lowest BCUT2D eigenvalue weighted by atomic mass is 10.2. The van der Waals surface area contributed by atoms with Gasteiger partial charge in [0, 0.05) is 23.1 Å². The van der Waals surface area contributed by atoms with Crippen molar-refractivity contribution in [3.05, 3.63) is 71.4 Å². The summed E-state index contributed by atoms with van der Waals surface area (Å²) >= 11 is 0. The molecule has 1 heterocycles. The minimum atomic E-state index is 0. The maximum atomic E-state index is 4.66. The van der Waals surface area contributed by atoms with Crippen LogP contribution in [0.4, 0.5) is 23.1 Å². The molecule has 136 valence electrons. The summed E-state index contributed by atoms with van der Waals surface area (Å²) < 4.78 is 0. The molecule has 3 rings (SSSR count). The van der Waals surface area contributed by atoms with Crippen molar-refractivity contribution >= 4 is 35.5 Å². The van der Waals surface area contributed by atoms with Crippen LogP contribution in [0, 0.1) is 13.8 Å². The third-order valence-corrected chi connectivity index (χ3v) is 4.08. The number of hydrogen-bond donors (Lipinski definition) is 2. The molecule has 0 saturated heterocycles. The smallest absolute Gasteiger partial charge is 0.229 e. The third-order valence-electron chi connectivity index (χ3n) is 4.08. The number of nitrogens with one attached hydrogen (secondary N) is 2. The van der Waals surface area contributed by atoms with Gasteiger partial charge in [-0.1, -0.05) is 49.7 Å². The fourth-order valence-corrected chi connectivity index (χ4v) is 2.69. The maximum Gasteiger partial charge on any atom is 0.229 e. The van der Waals surface area contributed by atoms with Gasteiger partial charge in [0.2, 0.25) is 5.95 Å². The van der Waals surface area contributed by atoms with Gasteiger partial charge in [-0.05, 0) is 43.5 Å². The van der Waals surface area contributed by atoms with Crippen molar-refractivity contribution in [1.82, 2.24) is 9.97 Å². The average Bonchev–Trinajstić information content (AvgIpc) is 2.59. The van der Waals surface area contributed by atoms with E-state index in [0.717, 1.165) is 35.7 Å². The van der Waals surface area contributed by atoms with Crippen molar-refractivity contribution in [3.8, 4) is 0 Å². The Labute approximate surface area is 161 Å². The predicted octanol–water partition coefficient (Wildman–Crippen LogP) is 5.95. The summed E-state index contributed by atoms with van der Waals surface area (Å²) in [6.07, 6.45) is 1.97. The van der Waals surface area contributed by atoms with E-state index in [1.165, 1.54) is 11.1 Å². The molecule has 26 heavy (non-hydrogen) atoms. The highest BCUT2D eigenvalue weighted by Crippen LogP contribution is 2.23. The van der Waals surface area contributed by atoms with Crippen LogP contribution in [-0.4, -0.2) is 9.97 Å². The molecule has 0 saturated carbocycles. The van der Waals surface area contributed by atoms with Gasteiger partial charge in [0.1, 0.15) is 5.82 Å². The van der Waals surface area contributed by atoms with Crippen molar-refractivity contribution in [2.75, 3.05) is 10.6 Å². The van der Waals surface area contributed by atoms with Gasteiger partial charge in [0.05, 0.1) is 0 Å². The van der Waals surface area contributed by atoms with Crippen LogP contribution in [0.25, 0.3) is 0 Å². The summed E-state index contributed by atoms with van der Waals surface area (Å²) in [5.74, 6) is 1.43. The van der Waals surface area contributed by atoms with Gasteiger partial charge >= 0.3 is 0 Å². The number of aromatic nitrogens is 2. The van der Waals surface area contributed by atoms with Crippen LogP contribution in [0.3, 0.4) is 0 Å². The molecule has 0 fully saturated rings. The molecular formula is C21H25ClN4. The van der Waals surface area contributed by atoms with Gasteiger partial charge < -0.3 is 10.6 Å². The minimum absolute atomic E-state index is 0. The monoisotopic (exact) mass is 368 g/mol. The maximum absolute atomic E-state index is 4.66. The normalized spacial score (nSPS) is 10.1. The predicted molar refractivity (Wildman–Crippen MR) is 112 cm³/mol. The van der Waals surface area contributed by atoms with Crippen LogP contribution in [0.15, 0.2) is 54.6 Å². The number of halogens is 1. The minimum Gasteiger partial charge on any atom is -0.340 e. The standard InChI is InChI=1S/C21H24N4.ClH/c1-4-9-17-14-20(23-18-12-7-5-10-15(18)2)25-21(22-17)24-19-13-8-6-11-16(19)3;/h5-8,10-14H,4,9H2,1-3H3,(H2,22,23,24,25);1H. The molecule has 2 N–H and O–H groups in total. The van der Waals surface area contributed by atoms with E-state index < -0.39 is 0 Å². The zero-order valence-electron chi connectivity index (χ0n) is 15.4. The van der Waals surface area contributed by atoms with Gasteiger partial charge in [-0.3, -0.25) is 0 Å². The van der Waals surface area contributed by atoms with Gasteiger partial charge in [-0.15, -0.1) is 12.4 Å². The fraction of sp³-hybridized carbons (Fsp3) is 0.238. The first-order chi connectivity index (χ1) is 12.2. The molecule has 2 aromatic carbocycles. The Morgan fingerprint density at radius 1 is 0.808 bits per heavy atom. The molecule has 0 aliphatic rings. The van der Waals surface area contributed by atoms with E-state index >= 15 is 0 Å². The summed E-state index contributed by atoms with van der Waals surface area (Å²) in [4.78, 5) is 9.32. The molecule has 0 radical (unpaired) electrons. The number of nitrogens with zero attached hydrogens (tertiary/aromatic N) is 2. The summed E-state index contributed by atoms with van der Waals surface area (Å²) in [6, 6.07) is 18.4. The molecule has 5 heteroatoms. The summed E-state index contributed by atoms with van der Waals surface area (Å²) in [6.45, 7) is 6.32. The van der Waals surface area contributed by atoms with E-state index in [1.807, 2.05) is 36.4 Å². The molecule has 0 atom stereocenters. The van der Waals surface area contributed by atoms with Gasteiger partial charge in [0.25, 0.3) is 0 Å². The Morgan fingerprint density at radius 2 is 1.38 bits per heavy atom. The molecule has 4 nitrogen and oxygen atoms in total. The molecular weight excluding hydrogens is 344 g/mol. The molecule has 0 aliphatic heterocycles. The first-order valence-corrected chi connectivity index (χ1v) is 8.69. The van der Waals surface area contributed by atoms with E-state index in [9.17, 15) is 0 Å². The first kappa shape index (κ1) is 19.7. The van der Waals surface area contributed by atoms with Gasteiger partial charge in [-0.2, -0.15) is 4.98 Å². The molecule has 1 aromatic heterocycles. The largest absolute Gasteiger partial charge is 0.340 e. The fourth-order valence-electron chi connectivity index (χ4n) is 2.69. The number of anilines is 4. The number of hydrogen-bond acceptors (Lipinski definition) is 4. The highest BCUT2D eigenvalue weighted by atomic mass is 35.5. The molecule has 0 amide bonds. The van der Waals surface area contributed by atoms with E-state index in [2.05, 4.69) is 59.6 Å². The topological polar surface area (TPSA) is 49.8 Å². The molecule has 0 bridgehead atoms. The second-order valence-electron chi connectivity index (χ2n) is 6.20. The van der Waals surface area contributed by atoms with Crippen LogP contribution >= 0.6 is 12.4 Å². The number of aryl methyl sites for hydroxylation is 3. The quantitative estimate of drug-likeness (QED) is 0.564. The Balaban J connectivity index is 0.00000243. The number of rotatable bonds is 6. The second kappa shape index (κ2) is 9.20. The summed E-state index contributed by atoms with van der Waals surface area (Å²) in [5, 5.41) is 6.77. The molecule has 3 aromatic rings. The highest BCUT2D eigenvalue weighted by Gasteiger charge is 2.07. The average molecular weight is 369 g/mol. The van der Waals surface area contributed by atoms with E-state index in [4.69, 9.17) is 0 Å². The van der Waals surface area contributed by atoms with Crippen molar-refractivity contribution in [3.63, 3.8) is 0 Å². The SMILES string of the molecule is CCCc1cc(Nc2ccccc2C)nc(Nc2ccccc2C)n1.Cl. The Kier molecular flexibility index (Phi) is 6.98. The Morgan fingerprint density at radius 3 is 1.96 bits per heavy atom. The third kappa shape index (κ3) is 4.96. The highest BCUT2D eigenvalue weighted by molar-refractivity contribution is 5.85. The molecule has 0 spiro atoms.